The van der Waals surface area contributed by atoms with Crippen LogP contribution < -0.4 is 0 Å². The Balaban J connectivity index is 1.97. The second-order valence-electron chi connectivity index (χ2n) is 5.08. The summed E-state index contributed by atoms with van der Waals surface area (Å²) in [5.41, 5.74) is 0. The molecule has 0 bridgehead atoms. The molecule has 2 aliphatic heterocycles. The van der Waals surface area contributed by atoms with E-state index in [1.54, 1.807) is 0 Å². The molecule has 1 N–H and O–H groups in total. The van der Waals surface area contributed by atoms with Crippen LogP contribution in [0.2, 0.25) is 0 Å². The Bertz CT molecular complexity index is 278. The lowest BCUT2D eigenvalue weighted by atomic mass is 9.95. The van der Waals surface area contributed by atoms with E-state index in [0.717, 1.165) is 19.6 Å². The van der Waals surface area contributed by atoms with E-state index in [-0.39, 0.29) is 6.04 Å². The van der Waals surface area contributed by atoms with Crippen molar-refractivity contribution < 1.29 is 19.4 Å². The molecular weight excluding hydrogens is 222 g/mol. The smallest absolute Gasteiger partial charge is 0.310 e. The molecule has 0 aromatic heterocycles. The molecule has 5 nitrogen and oxygen atoms in total. The zero-order chi connectivity index (χ0) is 12.4. The fourth-order valence-electron chi connectivity index (χ4n) is 2.75. The standard InChI is InChI=1S/C12H21NO4/c1-8(9-3-4-16-5-9)13(2)11-7-17-6-10(11)12(14)15/h8-11H,3-7H2,1-2H3,(H,14,15). The highest BCUT2D eigenvalue weighted by atomic mass is 16.5. The molecule has 2 fully saturated rings. The molecule has 5 heteroatoms. The van der Waals surface area contributed by atoms with Crippen molar-refractivity contribution in [1.29, 1.82) is 0 Å². The molecule has 2 saturated heterocycles. The Kier molecular flexibility index (Phi) is 4.01. The summed E-state index contributed by atoms with van der Waals surface area (Å²) >= 11 is 0. The topological polar surface area (TPSA) is 59.0 Å². The maximum absolute atomic E-state index is 11.1. The Morgan fingerprint density at radius 3 is 2.71 bits per heavy atom. The number of nitrogens with zero attached hydrogens (tertiary/aromatic N) is 1. The average Bonchev–Trinajstić information content (AvgIpc) is 2.97. The average molecular weight is 243 g/mol. The van der Waals surface area contributed by atoms with E-state index >= 15 is 0 Å². The molecule has 0 aromatic carbocycles. The summed E-state index contributed by atoms with van der Waals surface area (Å²) in [6.07, 6.45) is 1.07. The van der Waals surface area contributed by atoms with Crippen LogP contribution in [0.4, 0.5) is 0 Å². The van der Waals surface area contributed by atoms with Gasteiger partial charge in [0.1, 0.15) is 0 Å². The fourth-order valence-corrected chi connectivity index (χ4v) is 2.75. The van der Waals surface area contributed by atoms with Crippen LogP contribution in [0.25, 0.3) is 0 Å². The summed E-state index contributed by atoms with van der Waals surface area (Å²) in [6, 6.07) is 0.328. The third kappa shape index (κ3) is 2.61. The molecule has 0 spiro atoms. The van der Waals surface area contributed by atoms with E-state index in [4.69, 9.17) is 14.6 Å². The van der Waals surface area contributed by atoms with Gasteiger partial charge >= 0.3 is 5.97 Å². The van der Waals surface area contributed by atoms with Gasteiger partial charge in [-0.3, -0.25) is 9.69 Å². The number of carboxylic acid groups (broad SMARTS) is 1. The van der Waals surface area contributed by atoms with Crippen LogP contribution >= 0.6 is 0 Å². The van der Waals surface area contributed by atoms with Crippen molar-refractivity contribution in [3.63, 3.8) is 0 Å². The van der Waals surface area contributed by atoms with Gasteiger partial charge in [0.05, 0.1) is 25.7 Å². The Labute approximate surface area is 102 Å². The van der Waals surface area contributed by atoms with E-state index in [9.17, 15) is 4.79 Å². The highest BCUT2D eigenvalue weighted by Crippen LogP contribution is 2.26. The van der Waals surface area contributed by atoms with Crippen molar-refractivity contribution in [2.45, 2.75) is 25.4 Å². The molecule has 98 valence electrons. The third-order valence-electron chi connectivity index (χ3n) is 4.18. The van der Waals surface area contributed by atoms with Gasteiger partial charge in [-0.25, -0.2) is 0 Å². The van der Waals surface area contributed by atoms with E-state index in [1.165, 1.54) is 0 Å². The summed E-state index contributed by atoms with van der Waals surface area (Å²) in [5.74, 6) is -0.644. The normalized spacial score (nSPS) is 35.4. The van der Waals surface area contributed by atoms with Gasteiger partial charge in [0, 0.05) is 18.7 Å². The van der Waals surface area contributed by atoms with Crippen molar-refractivity contribution in [3.05, 3.63) is 0 Å². The van der Waals surface area contributed by atoms with Crippen molar-refractivity contribution in [3.8, 4) is 0 Å². The van der Waals surface area contributed by atoms with Crippen molar-refractivity contribution >= 4 is 5.97 Å². The summed E-state index contributed by atoms with van der Waals surface area (Å²) < 4.78 is 10.7. The predicted molar refractivity (Wildman–Crippen MR) is 61.9 cm³/mol. The second kappa shape index (κ2) is 5.33. The molecule has 17 heavy (non-hydrogen) atoms. The predicted octanol–water partition coefficient (Wildman–Crippen LogP) is 0.443. The van der Waals surface area contributed by atoms with E-state index in [2.05, 4.69) is 11.8 Å². The van der Waals surface area contributed by atoms with Crippen LogP contribution in [0, 0.1) is 11.8 Å². The minimum Gasteiger partial charge on any atom is -0.481 e. The minimum absolute atomic E-state index is 0.0110. The highest BCUT2D eigenvalue weighted by Gasteiger charge is 2.39. The Morgan fingerprint density at radius 1 is 1.35 bits per heavy atom. The molecule has 2 aliphatic rings. The molecule has 4 atom stereocenters. The second-order valence-corrected chi connectivity index (χ2v) is 5.08. The lowest BCUT2D eigenvalue weighted by Crippen LogP contribution is -2.48. The Hall–Kier alpha value is -0.650. The monoisotopic (exact) mass is 243 g/mol. The van der Waals surface area contributed by atoms with Gasteiger partial charge in [0.15, 0.2) is 0 Å². The molecule has 0 amide bonds. The van der Waals surface area contributed by atoms with Crippen LogP contribution in [0.15, 0.2) is 0 Å². The van der Waals surface area contributed by atoms with Crippen LogP contribution in [0.3, 0.4) is 0 Å². The number of likely N-dealkylation sites (N-methyl/N-ethyl adjacent to an activating group) is 1. The summed E-state index contributed by atoms with van der Waals surface area (Å²) in [6.45, 7) is 4.61. The van der Waals surface area contributed by atoms with Crippen LogP contribution in [-0.4, -0.2) is 61.5 Å². The first-order chi connectivity index (χ1) is 8.11. The largest absolute Gasteiger partial charge is 0.481 e. The molecule has 0 saturated carbocycles. The molecule has 2 heterocycles. The van der Waals surface area contributed by atoms with Gasteiger partial charge in [0.25, 0.3) is 0 Å². The first-order valence-corrected chi connectivity index (χ1v) is 6.21. The van der Waals surface area contributed by atoms with Gasteiger partial charge < -0.3 is 14.6 Å². The summed E-state index contributed by atoms with van der Waals surface area (Å²) in [7, 11) is 2.00. The molecule has 0 aromatic rings. The van der Waals surface area contributed by atoms with Crippen molar-refractivity contribution in [1.82, 2.24) is 4.90 Å². The lowest BCUT2D eigenvalue weighted by molar-refractivity contribution is -0.143. The zero-order valence-electron chi connectivity index (χ0n) is 10.5. The SMILES string of the molecule is CC(C1CCOC1)N(C)C1COCC1C(=O)O. The molecule has 2 rings (SSSR count). The van der Waals surface area contributed by atoms with Gasteiger partial charge in [-0.1, -0.05) is 0 Å². The maximum atomic E-state index is 11.1. The maximum Gasteiger partial charge on any atom is 0.310 e. The van der Waals surface area contributed by atoms with Gasteiger partial charge in [-0.15, -0.1) is 0 Å². The number of carbonyl (C=O) groups is 1. The van der Waals surface area contributed by atoms with Crippen LogP contribution in [-0.2, 0) is 14.3 Å². The number of rotatable bonds is 4. The third-order valence-corrected chi connectivity index (χ3v) is 4.18. The van der Waals surface area contributed by atoms with E-state index < -0.39 is 11.9 Å². The van der Waals surface area contributed by atoms with Crippen molar-refractivity contribution in [2.24, 2.45) is 11.8 Å². The highest BCUT2D eigenvalue weighted by molar-refractivity contribution is 5.71. The first kappa shape index (κ1) is 12.8. The quantitative estimate of drug-likeness (QED) is 0.776. The number of ether oxygens (including phenoxy) is 2. The van der Waals surface area contributed by atoms with E-state index in [0.29, 0.717) is 25.2 Å². The van der Waals surface area contributed by atoms with Crippen molar-refractivity contribution in [2.75, 3.05) is 33.5 Å². The number of hydrogen-bond acceptors (Lipinski definition) is 4. The fraction of sp³-hybridized carbons (Fsp3) is 0.917. The lowest BCUT2D eigenvalue weighted by Gasteiger charge is -2.34. The number of hydrogen-bond donors (Lipinski definition) is 1. The van der Waals surface area contributed by atoms with E-state index in [1.807, 2.05) is 7.05 Å². The number of aliphatic carboxylic acids is 1. The Morgan fingerprint density at radius 2 is 2.12 bits per heavy atom. The summed E-state index contributed by atoms with van der Waals surface area (Å²) in [4.78, 5) is 13.3. The zero-order valence-corrected chi connectivity index (χ0v) is 10.5. The molecule has 4 unspecified atom stereocenters. The van der Waals surface area contributed by atoms with Gasteiger partial charge in [-0.05, 0) is 26.3 Å². The molecule has 0 radical (unpaired) electrons. The minimum atomic E-state index is -0.755. The van der Waals surface area contributed by atoms with Crippen LogP contribution in [0.5, 0.6) is 0 Å². The first-order valence-electron chi connectivity index (χ1n) is 6.21. The summed E-state index contributed by atoms with van der Waals surface area (Å²) in [5, 5.41) is 9.15. The molecule has 0 aliphatic carbocycles. The number of carboxylic acids is 1. The molecular formula is C12H21NO4. The van der Waals surface area contributed by atoms with Gasteiger partial charge in [-0.2, -0.15) is 0 Å². The van der Waals surface area contributed by atoms with Gasteiger partial charge in [0.2, 0.25) is 0 Å². The van der Waals surface area contributed by atoms with Crippen LogP contribution in [0.1, 0.15) is 13.3 Å².